The molecule has 0 radical (unpaired) electrons. The van der Waals surface area contributed by atoms with E-state index in [0.29, 0.717) is 3.57 Å². The second-order valence-corrected chi connectivity index (χ2v) is 4.29. The number of carbonyl (C=O) groups excluding carboxylic acids is 1. The van der Waals surface area contributed by atoms with Crippen molar-refractivity contribution in [3.63, 3.8) is 0 Å². The van der Waals surface area contributed by atoms with Crippen molar-refractivity contribution in [2.75, 3.05) is 0 Å². The third-order valence-corrected chi connectivity index (χ3v) is 3.10. The molecule has 0 spiro atoms. The molecule has 0 heterocycles. The molecule has 12 heavy (non-hydrogen) atoms. The maximum Gasteiger partial charge on any atom is 0.254 e. The van der Waals surface area contributed by atoms with Crippen molar-refractivity contribution in [1.29, 1.82) is 0 Å². The third-order valence-electron chi connectivity index (χ3n) is 1.24. The van der Waals surface area contributed by atoms with Gasteiger partial charge in [-0.25, -0.2) is 4.39 Å². The molecule has 0 aromatic heterocycles. The van der Waals surface area contributed by atoms with Crippen molar-refractivity contribution in [3.8, 4) is 0 Å². The minimum atomic E-state index is -0.661. The van der Waals surface area contributed by atoms with Gasteiger partial charge in [-0.15, -0.1) is 0 Å². The zero-order chi connectivity index (χ0) is 9.30. The van der Waals surface area contributed by atoms with Crippen molar-refractivity contribution < 1.29 is 9.18 Å². The molecule has 0 aliphatic heterocycles. The lowest BCUT2D eigenvalue weighted by molar-refractivity contribution is 0.107. The monoisotopic (exact) mass is 362 g/mol. The average Bonchev–Trinajstić information content (AvgIpc) is 1.97. The summed E-state index contributed by atoms with van der Waals surface area (Å²) in [6.07, 6.45) is 0. The molecule has 0 saturated carbocycles. The summed E-state index contributed by atoms with van der Waals surface area (Å²) < 4.78 is 13.6. The van der Waals surface area contributed by atoms with Gasteiger partial charge in [-0.2, -0.15) is 0 Å². The minimum absolute atomic E-state index is 0.120. The summed E-state index contributed by atoms with van der Waals surface area (Å²) in [6.45, 7) is 0. The fraction of sp³-hybridized carbons (Fsp3) is 0. The first kappa shape index (κ1) is 10.4. The van der Waals surface area contributed by atoms with Crippen molar-refractivity contribution in [2.24, 2.45) is 0 Å². The van der Waals surface area contributed by atoms with Crippen LogP contribution in [0.5, 0.6) is 0 Å². The van der Waals surface area contributed by atoms with Gasteiger partial charge in [0.15, 0.2) is 0 Å². The highest BCUT2D eigenvalue weighted by molar-refractivity contribution is 14.1. The smallest absolute Gasteiger partial charge is 0.254 e. The summed E-state index contributed by atoms with van der Waals surface area (Å²) in [5.74, 6) is -0.487. The second kappa shape index (κ2) is 4.02. The Bertz CT molecular complexity index is 342. The Balaban J connectivity index is 3.43. The van der Waals surface area contributed by atoms with Crippen LogP contribution in [0.25, 0.3) is 0 Å². The van der Waals surface area contributed by atoms with Crippen molar-refractivity contribution in [2.45, 2.75) is 0 Å². The zero-order valence-corrected chi connectivity index (χ0v) is 10.1. The molecule has 0 fully saturated rings. The molecule has 0 N–H and O–H groups in total. The lowest BCUT2D eigenvalue weighted by Gasteiger charge is -2.02. The van der Waals surface area contributed by atoms with Crippen LogP contribution in [0.4, 0.5) is 4.39 Å². The van der Waals surface area contributed by atoms with Gasteiger partial charge in [-0.05, 0) is 62.3 Å². The predicted molar refractivity (Wildman–Crippen MR) is 57.0 cm³/mol. The first-order chi connectivity index (χ1) is 5.54. The summed E-state index contributed by atoms with van der Waals surface area (Å²) in [4.78, 5) is 10.8. The highest BCUT2D eigenvalue weighted by Crippen LogP contribution is 2.26. The van der Waals surface area contributed by atoms with Crippen LogP contribution >= 0.6 is 50.1 Å². The Labute approximate surface area is 95.6 Å². The summed E-state index contributed by atoms with van der Waals surface area (Å²) >= 11 is 10.1. The van der Waals surface area contributed by atoms with Crippen LogP contribution in [0.15, 0.2) is 16.6 Å². The SMILES string of the molecule is O=C(Cl)c1c(I)ccc(F)c1Br. The molecular weight excluding hydrogens is 361 g/mol. The third kappa shape index (κ3) is 1.97. The van der Waals surface area contributed by atoms with Crippen LogP contribution in [0, 0.1) is 9.39 Å². The van der Waals surface area contributed by atoms with Gasteiger partial charge in [0.1, 0.15) is 5.82 Å². The summed E-state index contributed by atoms with van der Waals surface area (Å²) in [6, 6.07) is 2.77. The van der Waals surface area contributed by atoms with E-state index in [4.69, 9.17) is 11.6 Å². The Morgan fingerprint density at radius 3 is 2.58 bits per heavy atom. The van der Waals surface area contributed by atoms with Crippen LogP contribution in [0.1, 0.15) is 10.4 Å². The molecule has 1 nitrogen and oxygen atoms in total. The molecule has 0 saturated heterocycles. The Morgan fingerprint density at radius 1 is 1.58 bits per heavy atom. The van der Waals surface area contributed by atoms with E-state index < -0.39 is 11.1 Å². The molecule has 0 aliphatic rings. The van der Waals surface area contributed by atoms with Crippen molar-refractivity contribution in [3.05, 3.63) is 31.6 Å². The van der Waals surface area contributed by atoms with Crippen molar-refractivity contribution in [1.82, 2.24) is 0 Å². The molecule has 64 valence electrons. The summed E-state index contributed by atoms with van der Waals surface area (Å²) in [7, 11) is 0. The molecule has 0 atom stereocenters. The number of hydrogen-bond acceptors (Lipinski definition) is 1. The normalized spacial score (nSPS) is 10.0. The van der Waals surface area contributed by atoms with Gasteiger partial charge in [-0.3, -0.25) is 4.79 Å². The van der Waals surface area contributed by atoms with Crippen LogP contribution in [-0.2, 0) is 0 Å². The number of rotatable bonds is 1. The van der Waals surface area contributed by atoms with E-state index in [1.165, 1.54) is 12.1 Å². The zero-order valence-electron chi connectivity index (χ0n) is 5.57. The predicted octanol–water partition coefficient (Wildman–Crippen LogP) is 3.57. The first-order valence-corrected chi connectivity index (χ1v) is 5.12. The average molecular weight is 363 g/mol. The van der Waals surface area contributed by atoms with Gasteiger partial charge in [0, 0.05) is 3.57 Å². The number of benzene rings is 1. The molecule has 1 aromatic rings. The molecular formula is C7H2BrClFIO. The molecule has 0 bridgehead atoms. The Morgan fingerprint density at radius 2 is 2.17 bits per heavy atom. The van der Waals surface area contributed by atoms with Gasteiger partial charge in [0.05, 0.1) is 10.0 Å². The van der Waals surface area contributed by atoms with E-state index in [-0.39, 0.29) is 10.0 Å². The van der Waals surface area contributed by atoms with Crippen LogP contribution in [0.3, 0.4) is 0 Å². The van der Waals surface area contributed by atoms with E-state index in [1.807, 2.05) is 22.6 Å². The largest absolute Gasteiger partial charge is 0.276 e. The number of halogens is 4. The van der Waals surface area contributed by atoms with E-state index in [2.05, 4.69) is 15.9 Å². The Kier molecular flexibility index (Phi) is 3.48. The number of hydrogen-bond donors (Lipinski definition) is 0. The van der Waals surface area contributed by atoms with Gasteiger partial charge in [-0.1, -0.05) is 0 Å². The number of carbonyl (C=O) groups is 1. The summed E-state index contributed by atoms with van der Waals surface area (Å²) in [5.41, 5.74) is 0.178. The van der Waals surface area contributed by atoms with Gasteiger partial charge in [0.25, 0.3) is 5.24 Å². The second-order valence-electron chi connectivity index (χ2n) is 1.99. The lowest BCUT2D eigenvalue weighted by atomic mass is 10.2. The van der Waals surface area contributed by atoms with E-state index in [9.17, 15) is 9.18 Å². The molecule has 5 heteroatoms. The highest BCUT2D eigenvalue weighted by atomic mass is 127. The van der Waals surface area contributed by atoms with E-state index in [1.54, 1.807) is 0 Å². The van der Waals surface area contributed by atoms with Crippen LogP contribution in [0.2, 0.25) is 0 Å². The maximum absolute atomic E-state index is 12.9. The first-order valence-electron chi connectivity index (χ1n) is 2.87. The van der Waals surface area contributed by atoms with Gasteiger partial charge < -0.3 is 0 Å². The Hall–Kier alpha value is 0.320. The fourth-order valence-electron chi connectivity index (χ4n) is 0.707. The molecule has 0 unspecified atom stereocenters. The standard InChI is InChI=1S/C7H2BrClFIO/c8-6-3(10)1-2-4(11)5(6)7(9)12/h1-2H. The minimum Gasteiger partial charge on any atom is -0.276 e. The van der Waals surface area contributed by atoms with E-state index in [0.717, 1.165) is 0 Å². The maximum atomic E-state index is 12.9. The quantitative estimate of drug-likeness (QED) is 0.424. The van der Waals surface area contributed by atoms with Crippen molar-refractivity contribution >= 4 is 55.4 Å². The van der Waals surface area contributed by atoms with Crippen LogP contribution < -0.4 is 0 Å². The summed E-state index contributed by atoms with van der Waals surface area (Å²) in [5, 5.41) is -0.661. The molecule has 1 rings (SSSR count). The molecule has 0 aliphatic carbocycles. The van der Waals surface area contributed by atoms with Gasteiger partial charge >= 0.3 is 0 Å². The fourth-order valence-corrected chi connectivity index (χ4v) is 2.77. The molecule has 1 aromatic carbocycles. The highest BCUT2D eigenvalue weighted by Gasteiger charge is 2.14. The topological polar surface area (TPSA) is 17.1 Å². The van der Waals surface area contributed by atoms with E-state index >= 15 is 0 Å². The lowest BCUT2D eigenvalue weighted by Crippen LogP contribution is -1.97. The molecule has 0 amide bonds. The van der Waals surface area contributed by atoms with Crippen LogP contribution in [-0.4, -0.2) is 5.24 Å². The van der Waals surface area contributed by atoms with Gasteiger partial charge in [0.2, 0.25) is 0 Å².